The predicted octanol–water partition coefficient (Wildman–Crippen LogP) is 3.37. The molecule has 0 bridgehead atoms. The van der Waals surface area contributed by atoms with Gasteiger partial charge in [-0.25, -0.2) is 26.8 Å². The first kappa shape index (κ1) is 26.3. The summed E-state index contributed by atoms with van der Waals surface area (Å²) in [5.74, 6) is -3.72. The minimum atomic E-state index is -4.39. The minimum absolute atomic E-state index is 0.0125. The zero-order valence-corrected chi connectivity index (χ0v) is 19.8. The first-order chi connectivity index (χ1) is 17.0. The van der Waals surface area contributed by atoms with Crippen molar-refractivity contribution < 1.29 is 41.1 Å². The summed E-state index contributed by atoms with van der Waals surface area (Å²) in [6, 6.07) is 12.0. The molecule has 0 saturated heterocycles. The van der Waals surface area contributed by atoms with E-state index in [9.17, 15) is 31.6 Å². The van der Waals surface area contributed by atoms with Gasteiger partial charge >= 0.3 is 11.9 Å². The molecule has 0 heterocycles. The molecule has 0 spiro atoms. The number of halogens is 2. The first-order valence-corrected chi connectivity index (χ1v) is 11.6. The summed E-state index contributed by atoms with van der Waals surface area (Å²) in [6.45, 7) is -0.776. The fraction of sp³-hybridized carbons (Fsp3) is 0.125. The van der Waals surface area contributed by atoms with Crippen LogP contribution in [0.25, 0.3) is 0 Å². The number of carbonyl (C=O) groups is 3. The second-order valence-corrected chi connectivity index (χ2v) is 9.13. The highest BCUT2D eigenvalue weighted by atomic mass is 32.2. The van der Waals surface area contributed by atoms with Gasteiger partial charge in [0.15, 0.2) is 0 Å². The van der Waals surface area contributed by atoms with Crippen molar-refractivity contribution in [3.05, 3.63) is 89.5 Å². The molecule has 0 saturated carbocycles. The number of anilines is 2. The quantitative estimate of drug-likeness (QED) is 0.454. The number of esters is 2. The number of hydrogen-bond donors (Lipinski definition) is 1. The van der Waals surface area contributed by atoms with Gasteiger partial charge in [0.25, 0.3) is 10.0 Å². The third-order valence-electron chi connectivity index (χ3n) is 4.86. The zero-order valence-electron chi connectivity index (χ0n) is 19.0. The minimum Gasteiger partial charge on any atom is -0.465 e. The number of nitrogens with one attached hydrogen (secondary N) is 1. The molecule has 0 fully saturated rings. The van der Waals surface area contributed by atoms with Crippen LogP contribution in [0.4, 0.5) is 20.2 Å². The van der Waals surface area contributed by atoms with Crippen molar-refractivity contribution in [2.45, 2.75) is 4.90 Å². The third kappa shape index (κ3) is 6.02. The number of hydrogen-bond acceptors (Lipinski definition) is 7. The van der Waals surface area contributed by atoms with Crippen LogP contribution in [-0.4, -0.2) is 47.0 Å². The normalized spacial score (nSPS) is 10.9. The molecule has 3 aromatic carbocycles. The van der Waals surface area contributed by atoms with Crippen LogP contribution in [0.15, 0.2) is 71.6 Å². The topological polar surface area (TPSA) is 119 Å². The monoisotopic (exact) mass is 518 g/mol. The van der Waals surface area contributed by atoms with E-state index in [0.29, 0.717) is 4.31 Å². The molecule has 3 aromatic rings. The Balaban J connectivity index is 1.97. The molecule has 9 nitrogen and oxygen atoms in total. The maximum atomic E-state index is 13.5. The molecule has 188 valence electrons. The Morgan fingerprint density at radius 2 is 1.28 bits per heavy atom. The van der Waals surface area contributed by atoms with E-state index in [0.717, 1.165) is 62.8 Å². The predicted molar refractivity (Wildman–Crippen MR) is 125 cm³/mol. The van der Waals surface area contributed by atoms with E-state index in [1.807, 2.05) is 0 Å². The summed E-state index contributed by atoms with van der Waals surface area (Å²) < 4.78 is 63.4. The smallest absolute Gasteiger partial charge is 0.337 e. The summed E-state index contributed by atoms with van der Waals surface area (Å²) in [4.78, 5) is 36.6. The van der Waals surface area contributed by atoms with Gasteiger partial charge in [0.05, 0.1) is 35.9 Å². The molecule has 36 heavy (non-hydrogen) atoms. The number of sulfonamides is 1. The van der Waals surface area contributed by atoms with Gasteiger partial charge in [-0.2, -0.15) is 0 Å². The average molecular weight is 518 g/mol. The molecule has 0 aliphatic carbocycles. The maximum Gasteiger partial charge on any atom is 0.337 e. The number of rotatable bonds is 8. The van der Waals surface area contributed by atoms with E-state index in [-0.39, 0.29) is 27.4 Å². The summed E-state index contributed by atoms with van der Waals surface area (Å²) in [7, 11) is -2.12. The molecule has 0 aliphatic rings. The number of ether oxygens (including phenoxy) is 2. The molecule has 3 rings (SSSR count). The Morgan fingerprint density at radius 3 is 1.75 bits per heavy atom. The number of methoxy groups -OCH3 is 2. The van der Waals surface area contributed by atoms with Crippen molar-refractivity contribution in [2.75, 3.05) is 30.4 Å². The van der Waals surface area contributed by atoms with E-state index in [1.165, 1.54) is 18.2 Å². The van der Waals surface area contributed by atoms with Crippen molar-refractivity contribution in [3.8, 4) is 0 Å². The molecule has 0 aliphatic heterocycles. The van der Waals surface area contributed by atoms with Gasteiger partial charge in [-0.05, 0) is 66.7 Å². The van der Waals surface area contributed by atoms with Gasteiger partial charge in [-0.1, -0.05) is 0 Å². The number of carbonyl (C=O) groups excluding carboxylic acids is 3. The zero-order chi connectivity index (χ0) is 26.5. The lowest BCUT2D eigenvalue weighted by atomic mass is 10.1. The molecule has 1 N–H and O–H groups in total. The van der Waals surface area contributed by atoms with Gasteiger partial charge < -0.3 is 14.8 Å². The molecule has 12 heteroatoms. The Hall–Kier alpha value is -4.32. The Kier molecular flexibility index (Phi) is 8.00. The Labute approximate surface area is 205 Å². The summed E-state index contributed by atoms with van der Waals surface area (Å²) in [5, 5.41) is 2.43. The van der Waals surface area contributed by atoms with E-state index in [4.69, 9.17) is 0 Å². The second kappa shape index (κ2) is 11.0. The highest BCUT2D eigenvalue weighted by molar-refractivity contribution is 7.92. The average Bonchev–Trinajstić information content (AvgIpc) is 2.86. The molecular formula is C24H20F2N2O7S. The van der Waals surface area contributed by atoms with Crippen LogP contribution in [0.2, 0.25) is 0 Å². The highest BCUT2D eigenvalue weighted by Gasteiger charge is 2.28. The van der Waals surface area contributed by atoms with Crippen LogP contribution >= 0.6 is 0 Å². The molecule has 0 atom stereocenters. The highest BCUT2D eigenvalue weighted by Crippen LogP contribution is 2.25. The van der Waals surface area contributed by atoms with Crippen LogP contribution in [0.1, 0.15) is 20.7 Å². The van der Waals surface area contributed by atoms with Gasteiger partial charge in [0, 0.05) is 5.69 Å². The number of amides is 1. The lowest BCUT2D eigenvalue weighted by molar-refractivity contribution is -0.114. The molecule has 0 radical (unpaired) electrons. The van der Waals surface area contributed by atoms with Crippen LogP contribution < -0.4 is 9.62 Å². The SMILES string of the molecule is COC(=O)c1cc(NC(=O)CN(c2ccc(F)cc2)S(=O)(=O)c2ccc(F)cc2)cc(C(=O)OC)c1. The van der Waals surface area contributed by atoms with Crippen molar-refractivity contribution in [3.63, 3.8) is 0 Å². The van der Waals surface area contributed by atoms with Gasteiger partial charge in [0.1, 0.15) is 18.2 Å². The molecule has 0 aromatic heterocycles. The second-order valence-electron chi connectivity index (χ2n) is 7.27. The maximum absolute atomic E-state index is 13.5. The van der Waals surface area contributed by atoms with E-state index in [2.05, 4.69) is 14.8 Å². The number of nitrogens with zero attached hydrogens (tertiary/aromatic N) is 1. The van der Waals surface area contributed by atoms with Gasteiger partial charge in [0.2, 0.25) is 5.91 Å². The Bertz CT molecular complexity index is 1360. The van der Waals surface area contributed by atoms with Crippen molar-refractivity contribution in [2.24, 2.45) is 0 Å². The van der Waals surface area contributed by atoms with Crippen molar-refractivity contribution in [1.29, 1.82) is 0 Å². The largest absolute Gasteiger partial charge is 0.465 e. The molecule has 1 amide bonds. The summed E-state index contributed by atoms with van der Waals surface area (Å²) in [5.41, 5.74) is -0.175. The molecule has 0 unspecified atom stereocenters. The first-order valence-electron chi connectivity index (χ1n) is 10.2. The fourth-order valence-electron chi connectivity index (χ4n) is 3.16. The standard InChI is InChI=1S/C24H20F2N2O7S/c1-34-23(30)15-11-16(24(31)35-2)13-19(12-15)27-22(29)14-28(20-7-3-17(25)4-8-20)36(32,33)21-9-5-18(26)6-10-21/h3-13H,14H2,1-2H3,(H,27,29). The van der Waals surface area contributed by atoms with Crippen LogP contribution in [0, 0.1) is 11.6 Å². The number of benzene rings is 3. The lowest BCUT2D eigenvalue weighted by Crippen LogP contribution is -2.38. The van der Waals surface area contributed by atoms with E-state index >= 15 is 0 Å². The van der Waals surface area contributed by atoms with Gasteiger partial charge in [-0.3, -0.25) is 9.10 Å². The van der Waals surface area contributed by atoms with Crippen LogP contribution in [0.3, 0.4) is 0 Å². The van der Waals surface area contributed by atoms with Crippen LogP contribution in [-0.2, 0) is 24.3 Å². The third-order valence-corrected chi connectivity index (χ3v) is 6.65. The fourth-order valence-corrected chi connectivity index (χ4v) is 4.58. The molecular weight excluding hydrogens is 498 g/mol. The van der Waals surface area contributed by atoms with Crippen LogP contribution in [0.5, 0.6) is 0 Å². The summed E-state index contributed by atoms with van der Waals surface area (Å²) in [6.07, 6.45) is 0. The van der Waals surface area contributed by atoms with Gasteiger partial charge in [-0.15, -0.1) is 0 Å². The van der Waals surface area contributed by atoms with Crippen molar-refractivity contribution in [1.82, 2.24) is 0 Å². The Morgan fingerprint density at radius 1 is 0.806 bits per heavy atom. The van der Waals surface area contributed by atoms with E-state index < -0.39 is 46.0 Å². The van der Waals surface area contributed by atoms with E-state index in [1.54, 1.807) is 0 Å². The summed E-state index contributed by atoms with van der Waals surface area (Å²) >= 11 is 0. The van der Waals surface area contributed by atoms with Crippen molar-refractivity contribution >= 4 is 39.2 Å². The lowest BCUT2D eigenvalue weighted by Gasteiger charge is -2.24.